The molecule has 3 N–H and O–H groups in total. The maximum Gasteiger partial charge on any atom is 0.240 e. The van der Waals surface area contributed by atoms with E-state index in [2.05, 4.69) is 19.2 Å². The Hall–Kier alpha value is 0.0300. The summed E-state index contributed by atoms with van der Waals surface area (Å²) >= 11 is 1.73. The van der Waals surface area contributed by atoms with Gasteiger partial charge in [0, 0.05) is 29.7 Å². The van der Waals surface area contributed by atoms with E-state index >= 15 is 0 Å². The van der Waals surface area contributed by atoms with Crippen LogP contribution in [-0.2, 0) is 9.53 Å². The topological polar surface area (TPSA) is 64.3 Å². The Balaban J connectivity index is 0.00000361. The third-order valence-electron chi connectivity index (χ3n) is 4.46. The summed E-state index contributed by atoms with van der Waals surface area (Å²) < 4.78 is 5.67. The maximum absolute atomic E-state index is 12.4. The van der Waals surface area contributed by atoms with Gasteiger partial charge < -0.3 is 15.8 Å². The van der Waals surface area contributed by atoms with E-state index in [4.69, 9.17) is 10.5 Å². The van der Waals surface area contributed by atoms with Crippen molar-refractivity contribution in [3.05, 3.63) is 0 Å². The van der Waals surface area contributed by atoms with Gasteiger partial charge in [-0.25, -0.2) is 0 Å². The Bertz CT molecular complexity index is 350. The second-order valence-corrected chi connectivity index (χ2v) is 8.00. The van der Waals surface area contributed by atoms with E-state index in [1.807, 2.05) is 27.0 Å². The van der Waals surface area contributed by atoms with Crippen molar-refractivity contribution in [1.82, 2.24) is 5.32 Å². The van der Waals surface area contributed by atoms with Crippen molar-refractivity contribution in [2.75, 3.05) is 19.4 Å². The van der Waals surface area contributed by atoms with Gasteiger partial charge in [0.1, 0.15) is 5.54 Å². The Kier molecular flexibility index (Phi) is 6.87. The molecule has 0 saturated heterocycles. The van der Waals surface area contributed by atoms with E-state index in [1.54, 1.807) is 11.8 Å². The van der Waals surface area contributed by atoms with E-state index in [-0.39, 0.29) is 34.6 Å². The summed E-state index contributed by atoms with van der Waals surface area (Å²) in [5.41, 5.74) is 5.18. The van der Waals surface area contributed by atoms with Crippen molar-refractivity contribution in [2.24, 2.45) is 11.1 Å². The summed E-state index contributed by atoms with van der Waals surface area (Å²) in [5.74, 6) is -0.0596. The quantitative estimate of drug-likeness (QED) is 0.786. The summed E-state index contributed by atoms with van der Waals surface area (Å²) in [4.78, 5) is 12.4. The van der Waals surface area contributed by atoms with Crippen LogP contribution >= 0.6 is 24.2 Å². The van der Waals surface area contributed by atoms with E-state index in [0.717, 1.165) is 0 Å². The molecule has 0 aromatic rings. The molecule has 2 atom stereocenters. The van der Waals surface area contributed by atoms with Crippen molar-refractivity contribution in [2.45, 2.75) is 57.4 Å². The number of nitrogens with two attached hydrogens (primary N) is 1. The summed E-state index contributed by atoms with van der Waals surface area (Å²) in [6.07, 6.45) is 2.71. The van der Waals surface area contributed by atoms with Crippen molar-refractivity contribution in [1.29, 1.82) is 0 Å². The van der Waals surface area contributed by atoms with Gasteiger partial charge in [0.05, 0.1) is 6.10 Å². The third-order valence-corrected chi connectivity index (χ3v) is 5.71. The number of hydrogen-bond donors (Lipinski definition) is 2. The second-order valence-electron chi connectivity index (χ2n) is 6.49. The minimum atomic E-state index is -0.818. The molecule has 1 rings (SSSR count). The van der Waals surface area contributed by atoms with Crippen LogP contribution in [0.25, 0.3) is 0 Å². The van der Waals surface area contributed by atoms with Gasteiger partial charge in [-0.15, -0.1) is 12.4 Å². The molecule has 20 heavy (non-hydrogen) atoms. The highest BCUT2D eigenvalue weighted by atomic mass is 35.5. The lowest BCUT2D eigenvalue weighted by Gasteiger charge is -2.57. The van der Waals surface area contributed by atoms with Crippen LogP contribution in [0.1, 0.15) is 41.0 Å². The van der Waals surface area contributed by atoms with E-state index in [0.29, 0.717) is 19.6 Å². The third kappa shape index (κ3) is 3.62. The first-order chi connectivity index (χ1) is 8.60. The lowest BCUT2D eigenvalue weighted by Crippen LogP contribution is -2.76. The molecule has 1 amide bonds. The van der Waals surface area contributed by atoms with Crippen LogP contribution < -0.4 is 11.1 Å². The molecule has 1 fully saturated rings. The molecule has 120 valence electrons. The number of carbonyl (C=O) groups is 1. The van der Waals surface area contributed by atoms with Crippen LogP contribution in [0, 0.1) is 5.41 Å². The van der Waals surface area contributed by atoms with Crippen LogP contribution in [0.4, 0.5) is 0 Å². The number of thioether (sulfide) groups is 1. The fourth-order valence-electron chi connectivity index (χ4n) is 2.34. The van der Waals surface area contributed by atoms with Crippen LogP contribution in [-0.4, -0.2) is 41.7 Å². The summed E-state index contributed by atoms with van der Waals surface area (Å²) in [5, 5.41) is 2.99. The van der Waals surface area contributed by atoms with Crippen molar-refractivity contribution in [3.8, 4) is 0 Å². The predicted molar refractivity (Wildman–Crippen MR) is 88.6 cm³/mol. The Labute approximate surface area is 133 Å². The summed E-state index contributed by atoms with van der Waals surface area (Å²) in [6.45, 7) is 11.5. The van der Waals surface area contributed by atoms with Gasteiger partial charge in [0.15, 0.2) is 0 Å². The van der Waals surface area contributed by atoms with Gasteiger partial charge in [0.2, 0.25) is 5.91 Å². The number of halogens is 1. The average Bonchev–Trinajstić information content (AvgIpc) is 2.35. The number of rotatable bonds is 6. The van der Waals surface area contributed by atoms with Crippen molar-refractivity contribution < 1.29 is 9.53 Å². The SMILES string of the molecule is CCOC1CC(N)(C(=O)NCC(C)(C)SC)C1(C)C.Cl. The number of amides is 1. The number of carbonyl (C=O) groups excluding carboxylic acids is 1. The molecule has 1 aliphatic carbocycles. The van der Waals surface area contributed by atoms with Crippen molar-refractivity contribution in [3.63, 3.8) is 0 Å². The van der Waals surface area contributed by atoms with E-state index in [1.165, 1.54) is 0 Å². The van der Waals surface area contributed by atoms with Gasteiger partial charge in [-0.2, -0.15) is 11.8 Å². The number of hydrogen-bond acceptors (Lipinski definition) is 4. The Morgan fingerprint density at radius 2 is 2.05 bits per heavy atom. The van der Waals surface area contributed by atoms with Gasteiger partial charge in [-0.1, -0.05) is 13.8 Å². The molecule has 0 aliphatic heterocycles. The fourth-order valence-corrected chi connectivity index (χ4v) is 2.56. The first-order valence-corrected chi connectivity index (χ1v) is 8.07. The molecule has 4 nitrogen and oxygen atoms in total. The molecule has 1 aliphatic rings. The minimum Gasteiger partial charge on any atom is -0.378 e. The highest BCUT2D eigenvalue weighted by Crippen LogP contribution is 2.49. The maximum atomic E-state index is 12.4. The van der Waals surface area contributed by atoms with Crippen LogP contribution in [0.15, 0.2) is 0 Å². The molecule has 0 aromatic carbocycles. The molecule has 0 radical (unpaired) electrons. The number of ether oxygens (including phenoxy) is 1. The molecule has 2 unspecified atom stereocenters. The van der Waals surface area contributed by atoms with Crippen LogP contribution in [0.3, 0.4) is 0 Å². The Morgan fingerprint density at radius 1 is 1.50 bits per heavy atom. The largest absolute Gasteiger partial charge is 0.378 e. The summed E-state index contributed by atoms with van der Waals surface area (Å²) in [6, 6.07) is 0. The molecular formula is C14H29ClN2O2S. The molecule has 0 aromatic heterocycles. The first kappa shape index (κ1) is 20.0. The Morgan fingerprint density at radius 3 is 2.45 bits per heavy atom. The van der Waals surface area contributed by atoms with E-state index in [9.17, 15) is 4.79 Å². The van der Waals surface area contributed by atoms with Gasteiger partial charge >= 0.3 is 0 Å². The minimum absolute atomic E-state index is 0. The zero-order chi connectivity index (χ0) is 14.9. The standard InChI is InChI=1S/C14H28N2O2S.ClH/c1-7-18-10-8-14(15,13(10,4)5)11(17)16-9-12(2,3)19-6;/h10H,7-9,15H2,1-6H3,(H,16,17);1H. The predicted octanol–water partition coefficient (Wildman–Crippen LogP) is 2.20. The average molecular weight is 325 g/mol. The molecule has 0 bridgehead atoms. The molecule has 0 spiro atoms. The molecular weight excluding hydrogens is 296 g/mol. The highest BCUT2D eigenvalue weighted by molar-refractivity contribution is 7.99. The fraction of sp³-hybridized carbons (Fsp3) is 0.929. The molecule has 1 saturated carbocycles. The lowest BCUT2D eigenvalue weighted by molar-refractivity contribution is -0.170. The number of nitrogens with one attached hydrogen (secondary N) is 1. The van der Waals surface area contributed by atoms with Crippen LogP contribution in [0.5, 0.6) is 0 Å². The zero-order valence-electron chi connectivity index (χ0n) is 13.4. The monoisotopic (exact) mass is 324 g/mol. The normalized spacial score (nSPS) is 28.2. The lowest BCUT2D eigenvalue weighted by atomic mass is 9.54. The second kappa shape index (κ2) is 6.86. The molecule has 0 heterocycles. The van der Waals surface area contributed by atoms with Crippen LogP contribution in [0.2, 0.25) is 0 Å². The van der Waals surface area contributed by atoms with E-state index < -0.39 is 5.54 Å². The summed E-state index contributed by atoms with van der Waals surface area (Å²) in [7, 11) is 0. The van der Waals surface area contributed by atoms with Gasteiger partial charge in [-0.05, 0) is 27.0 Å². The smallest absolute Gasteiger partial charge is 0.240 e. The first-order valence-electron chi connectivity index (χ1n) is 6.84. The molecule has 6 heteroatoms. The zero-order valence-corrected chi connectivity index (χ0v) is 15.0. The van der Waals surface area contributed by atoms with Gasteiger partial charge in [-0.3, -0.25) is 4.79 Å². The van der Waals surface area contributed by atoms with Gasteiger partial charge in [0.25, 0.3) is 0 Å². The highest BCUT2D eigenvalue weighted by Gasteiger charge is 2.62. The van der Waals surface area contributed by atoms with Crippen molar-refractivity contribution >= 4 is 30.1 Å².